The first-order chi connectivity index (χ1) is 23.4. The summed E-state index contributed by atoms with van der Waals surface area (Å²) in [6.07, 6.45) is 4.03. The number of carbonyl (C=O) groups excluding carboxylic acids is 4. The van der Waals surface area contributed by atoms with Crippen LogP contribution in [0.5, 0.6) is 11.5 Å². The number of halogens is 2. The van der Waals surface area contributed by atoms with E-state index in [9.17, 15) is 38.8 Å². The largest absolute Gasteiger partial charge is 0.508 e. The van der Waals surface area contributed by atoms with Crippen molar-refractivity contribution in [1.29, 1.82) is 0 Å². The molecule has 0 bridgehead atoms. The highest BCUT2D eigenvalue weighted by Crippen LogP contribution is 2.63. The lowest BCUT2D eigenvalue weighted by Crippen LogP contribution is -2.51. The van der Waals surface area contributed by atoms with Crippen LogP contribution in [0.4, 0.5) is 21.5 Å². The van der Waals surface area contributed by atoms with E-state index < -0.39 is 69.4 Å². The predicted molar refractivity (Wildman–Crippen MR) is 173 cm³/mol. The van der Waals surface area contributed by atoms with E-state index in [0.717, 1.165) is 21.4 Å². The molecule has 13 heteroatoms. The summed E-state index contributed by atoms with van der Waals surface area (Å²) < 4.78 is 20.1. The van der Waals surface area contributed by atoms with Crippen LogP contribution in [-0.4, -0.2) is 33.7 Å². The fourth-order valence-electron chi connectivity index (χ4n) is 8.69. The number of imide groups is 2. The summed E-state index contributed by atoms with van der Waals surface area (Å²) in [6.45, 7) is 1.72. The molecule has 3 aliphatic heterocycles. The average Bonchev–Trinajstić information content (AvgIpc) is 3.45. The van der Waals surface area contributed by atoms with Gasteiger partial charge in [0.1, 0.15) is 17.3 Å². The van der Waals surface area contributed by atoms with E-state index >= 15 is 0 Å². The first-order valence-electron chi connectivity index (χ1n) is 15.7. The van der Waals surface area contributed by atoms with Crippen molar-refractivity contribution in [2.75, 3.05) is 9.80 Å². The van der Waals surface area contributed by atoms with Gasteiger partial charge in [-0.3, -0.25) is 34.2 Å². The lowest BCUT2D eigenvalue weighted by Gasteiger charge is -2.49. The minimum Gasteiger partial charge on any atom is -0.508 e. The SMILES string of the molecule is C[C@@]12C(=O)N(c3ccc(F)c(Cl)c3)C(=O)[C@@H]1C[C@@H]1C(=CC[C@@H]3C(=O)N(c4ccc([N+](=O)[O-])cc4)C(=O)[C@@H]31)[C@@H]2C1=COc2ccc(O)cc2C1. The third-order valence-electron chi connectivity index (χ3n) is 10.9. The van der Waals surface area contributed by atoms with Crippen LogP contribution in [0.3, 0.4) is 0 Å². The number of phenols is 1. The number of non-ortho nitro benzene ring substituents is 1. The smallest absolute Gasteiger partial charge is 0.269 e. The van der Waals surface area contributed by atoms with Crippen molar-refractivity contribution in [2.24, 2.45) is 35.0 Å². The van der Waals surface area contributed by atoms with Gasteiger partial charge >= 0.3 is 0 Å². The number of anilines is 2. The summed E-state index contributed by atoms with van der Waals surface area (Å²) in [5.41, 5.74) is 0.846. The molecule has 0 aromatic heterocycles. The van der Waals surface area contributed by atoms with Crippen LogP contribution in [0.1, 0.15) is 25.3 Å². The Balaban J connectivity index is 1.23. The van der Waals surface area contributed by atoms with Crippen LogP contribution in [0.2, 0.25) is 5.02 Å². The molecule has 3 aromatic rings. The number of rotatable bonds is 4. The van der Waals surface area contributed by atoms with Gasteiger partial charge < -0.3 is 9.84 Å². The van der Waals surface area contributed by atoms with Gasteiger partial charge in [-0.1, -0.05) is 23.3 Å². The molecule has 1 N–H and O–H groups in total. The zero-order chi connectivity index (χ0) is 34.5. The Morgan fingerprint density at radius 1 is 0.959 bits per heavy atom. The molecule has 3 fully saturated rings. The van der Waals surface area contributed by atoms with Crippen molar-refractivity contribution in [2.45, 2.75) is 26.2 Å². The van der Waals surface area contributed by atoms with Crippen molar-refractivity contribution in [3.63, 3.8) is 0 Å². The lowest BCUT2D eigenvalue weighted by molar-refractivity contribution is -0.384. The third-order valence-corrected chi connectivity index (χ3v) is 11.2. The van der Waals surface area contributed by atoms with Gasteiger partial charge in [-0.25, -0.2) is 9.29 Å². The van der Waals surface area contributed by atoms with E-state index in [-0.39, 0.29) is 47.1 Å². The quantitative estimate of drug-likeness (QED) is 0.155. The first kappa shape index (κ1) is 30.9. The number of aromatic hydroxyl groups is 1. The van der Waals surface area contributed by atoms with Crippen molar-refractivity contribution >= 4 is 52.3 Å². The molecule has 3 aromatic carbocycles. The minimum absolute atomic E-state index is 0.0295. The topological polar surface area (TPSA) is 147 Å². The number of amides is 4. The highest BCUT2D eigenvalue weighted by molar-refractivity contribution is 6.31. The normalized spacial score (nSPS) is 28.7. The molecular formula is C36H27ClFN3O8. The number of ether oxygens (including phenoxy) is 1. The average molecular weight is 684 g/mol. The Bertz CT molecular complexity index is 2100. The maximum Gasteiger partial charge on any atom is 0.269 e. The number of nitrogens with zero attached hydrogens (tertiary/aromatic N) is 3. The molecule has 0 radical (unpaired) electrons. The Labute approximate surface area is 283 Å². The van der Waals surface area contributed by atoms with E-state index in [4.69, 9.17) is 16.3 Å². The highest BCUT2D eigenvalue weighted by atomic mass is 35.5. The van der Waals surface area contributed by atoms with Crippen LogP contribution < -0.4 is 14.5 Å². The molecule has 3 heterocycles. The van der Waals surface area contributed by atoms with Gasteiger partial charge in [0, 0.05) is 30.0 Å². The zero-order valence-corrected chi connectivity index (χ0v) is 26.6. The molecule has 4 amide bonds. The zero-order valence-electron chi connectivity index (χ0n) is 25.8. The fourth-order valence-corrected chi connectivity index (χ4v) is 8.87. The van der Waals surface area contributed by atoms with E-state index in [1.807, 2.05) is 6.08 Å². The second-order valence-electron chi connectivity index (χ2n) is 13.3. The molecule has 248 valence electrons. The maximum atomic E-state index is 14.6. The number of carbonyl (C=O) groups is 4. The fraction of sp³-hybridized carbons (Fsp3) is 0.278. The number of benzene rings is 3. The summed E-state index contributed by atoms with van der Waals surface area (Å²) >= 11 is 6.08. The summed E-state index contributed by atoms with van der Waals surface area (Å²) in [7, 11) is 0. The molecular weight excluding hydrogens is 657 g/mol. The van der Waals surface area contributed by atoms with E-state index in [0.29, 0.717) is 16.9 Å². The number of hydrogen-bond donors (Lipinski definition) is 1. The molecule has 5 aliphatic rings. The second-order valence-corrected chi connectivity index (χ2v) is 13.7. The van der Waals surface area contributed by atoms with Gasteiger partial charge in [0.15, 0.2) is 0 Å². The Morgan fingerprint density at radius 3 is 2.41 bits per heavy atom. The Morgan fingerprint density at radius 2 is 1.69 bits per heavy atom. The molecule has 1 saturated carbocycles. The van der Waals surface area contributed by atoms with Gasteiger partial charge in [0.25, 0.3) is 5.69 Å². The first-order valence-corrected chi connectivity index (χ1v) is 16.1. The number of phenolic OH excluding ortho intramolecular Hbond substituents is 1. The van der Waals surface area contributed by atoms with Crippen molar-refractivity contribution in [3.8, 4) is 11.5 Å². The summed E-state index contributed by atoms with van der Waals surface area (Å²) in [5.74, 6) is -5.98. The van der Waals surface area contributed by atoms with Crippen molar-refractivity contribution < 1.29 is 38.3 Å². The van der Waals surface area contributed by atoms with Crippen LogP contribution in [0, 0.1) is 50.9 Å². The van der Waals surface area contributed by atoms with Crippen LogP contribution in [0.25, 0.3) is 0 Å². The Kier molecular flexibility index (Phi) is 6.84. The van der Waals surface area contributed by atoms with Crippen molar-refractivity contribution in [1.82, 2.24) is 0 Å². The van der Waals surface area contributed by atoms with E-state index in [2.05, 4.69) is 0 Å². The molecule has 11 nitrogen and oxygen atoms in total. The number of nitro benzene ring substituents is 1. The van der Waals surface area contributed by atoms with Gasteiger partial charge in [-0.05, 0) is 79.8 Å². The lowest BCUT2D eigenvalue weighted by atomic mass is 9.51. The van der Waals surface area contributed by atoms with E-state index in [1.54, 1.807) is 25.3 Å². The third kappa shape index (κ3) is 4.39. The number of nitro groups is 1. The number of fused-ring (bicyclic) bond motifs is 5. The standard InChI is InChI=1S/C36H27ClFN3O8/c1-36-26(33(44)40(35(36)46)21-6-10-28(38)27(37)14-21)15-25-23(31(36)18-12-17-13-22(42)7-11-29(17)49-16-18)8-9-24-30(25)34(45)39(32(24)43)19-2-4-20(5-3-19)41(47)48/h2-8,10-11,13-14,16,24-26,30-31,42H,9,12,15H2,1H3/t24-,25+,26-,30-,31-,36+/m0/s1. The van der Waals surface area contributed by atoms with Crippen LogP contribution in [-0.2, 0) is 25.6 Å². The van der Waals surface area contributed by atoms with Gasteiger partial charge in [-0.2, -0.15) is 0 Å². The molecule has 8 rings (SSSR count). The highest BCUT2D eigenvalue weighted by Gasteiger charge is 2.68. The summed E-state index contributed by atoms with van der Waals surface area (Å²) in [5, 5.41) is 21.2. The summed E-state index contributed by atoms with van der Waals surface area (Å²) in [6, 6.07) is 13.5. The molecule has 0 unspecified atom stereocenters. The summed E-state index contributed by atoms with van der Waals surface area (Å²) in [4.78, 5) is 69.8. The van der Waals surface area contributed by atoms with Crippen LogP contribution in [0.15, 0.2) is 84.1 Å². The van der Waals surface area contributed by atoms with Gasteiger partial charge in [0.2, 0.25) is 23.6 Å². The molecule has 0 spiro atoms. The van der Waals surface area contributed by atoms with Crippen LogP contribution >= 0.6 is 11.6 Å². The minimum atomic E-state index is -1.36. The number of allylic oxidation sites excluding steroid dienone is 3. The molecule has 2 aliphatic carbocycles. The van der Waals surface area contributed by atoms with Gasteiger partial charge in [-0.15, -0.1) is 0 Å². The second kappa shape index (κ2) is 10.8. The molecule has 6 atom stereocenters. The Hall–Kier alpha value is -5.36. The van der Waals surface area contributed by atoms with E-state index in [1.165, 1.54) is 42.5 Å². The molecule has 2 saturated heterocycles. The predicted octanol–water partition coefficient (Wildman–Crippen LogP) is 5.88. The maximum absolute atomic E-state index is 14.6. The van der Waals surface area contributed by atoms with Crippen molar-refractivity contribution in [3.05, 3.63) is 111 Å². The number of hydrogen-bond acceptors (Lipinski definition) is 8. The van der Waals surface area contributed by atoms with Gasteiger partial charge in [0.05, 0.1) is 50.8 Å². The molecule has 49 heavy (non-hydrogen) atoms. The monoisotopic (exact) mass is 683 g/mol.